The van der Waals surface area contributed by atoms with Crippen molar-refractivity contribution in [1.29, 1.82) is 0 Å². The summed E-state index contributed by atoms with van der Waals surface area (Å²) < 4.78 is 0. The van der Waals surface area contributed by atoms with Gasteiger partial charge in [0, 0.05) is 12.6 Å². The van der Waals surface area contributed by atoms with Gasteiger partial charge in [-0.2, -0.15) is 0 Å². The number of rotatable bonds is 6. The third-order valence-electron chi connectivity index (χ3n) is 5.48. The number of nitrogens with two attached hydrogens (primary N) is 1. The van der Waals surface area contributed by atoms with Gasteiger partial charge in [0.25, 0.3) is 0 Å². The second-order valence-electron chi connectivity index (χ2n) is 8.14. The Hall–Kier alpha value is -0.120. The van der Waals surface area contributed by atoms with Crippen LogP contribution in [0.3, 0.4) is 0 Å². The van der Waals surface area contributed by atoms with E-state index in [1.165, 1.54) is 25.7 Å². The first-order valence-electron chi connectivity index (χ1n) is 8.23. The summed E-state index contributed by atoms with van der Waals surface area (Å²) in [6.07, 6.45) is 4.98. The van der Waals surface area contributed by atoms with Crippen molar-refractivity contribution in [3.8, 4) is 0 Å². The van der Waals surface area contributed by atoms with Crippen LogP contribution in [0, 0.1) is 17.3 Å². The summed E-state index contributed by atoms with van der Waals surface area (Å²) in [5, 5.41) is 10.1. The van der Waals surface area contributed by atoms with Crippen LogP contribution in [-0.4, -0.2) is 41.8 Å². The molecule has 0 spiro atoms. The molecular formula is C17H36N2O. The van der Waals surface area contributed by atoms with Crippen molar-refractivity contribution in [2.75, 3.05) is 20.1 Å². The van der Waals surface area contributed by atoms with E-state index in [4.69, 9.17) is 5.73 Å². The van der Waals surface area contributed by atoms with Crippen molar-refractivity contribution < 1.29 is 5.11 Å². The lowest BCUT2D eigenvalue weighted by Crippen LogP contribution is -2.50. The van der Waals surface area contributed by atoms with Crippen LogP contribution in [0.2, 0.25) is 0 Å². The van der Waals surface area contributed by atoms with Crippen LogP contribution in [0.15, 0.2) is 0 Å². The van der Waals surface area contributed by atoms with Crippen LogP contribution in [-0.2, 0) is 0 Å². The lowest BCUT2D eigenvalue weighted by atomic mass is 9.65. The molecule has 0 amide bonds. The van der Waals surface area contributed by atoms with E-state index >= 15 is 0 Å². The van der Waals surface area contributed by atoms with Crippen LogP contribution in [0.25, 0.3) is 0 Å². The van der Waals surface area contributed by atoms with E-state index in [1.807, 2.05) is 13.8 Å². The molecule has 3 unspecified atom stereocenters. The summed E-state index contributed by atoms with van der Waals surface area (Å²) in [6.45, 7) is 12.3. The van der Waals surface area contributed by atoms with Gasteiger partial charge in [0.1, 0.15) is 0 Å². The first kappa shape index (κ1) is 17.9. The van der Waals surface area contributed by atoms with Gasteiger partial charge >= 0.3 is 0 Å². The molecule has 1 fully saturated rings. The Bertz CT molecular complexity index is 296. The molecule has 1 aliphatic carbocycles. The maximum absolute atomic E-state index is 10.1. The van der Waals surface area contributed by atoms with Crippen LogP contribution in [0.1, 0.15) is 60.3 Å². The Labute approximate surface area is 125 Å². The molecule has 120 valence electrons. The SMILES string of the molecule is CCC(C)(C)C1CCC(CN)C(N(C)CC(C)(C)O)C1. The normalized spacial score (nSPS) is 28.9. The topological polar surface area (TPSA) is 49.5 Å². The molecule has 0 saturated heterocycles. The van der Waals surface area contributed by atoms with Crippen LogP contribution < -0.4 is 5.73 Å². The van der Waals surface area contributed by atoms with Crippen LogP contribution in [0.4, 0.5) is 0 Å². The number of hydrogen-bond donors (Lipinski definition) is 2. The van der Waals surface area contributed by atoms with Crippen LogP contribution >= 0.6 is 0 Å². The van der Waals surface area contributed by atoms with Crippen molar-refractivity contribution in [2.45, 2.75) is 71.9 Å². The van der Waals surface area contributed by atoms with E-state index in [0.717, 1.165) is 12.5 Å². The highest BCUT2D eigenvalue weighted by Crippen LogP contribution is 2.43. The highest BCUT2D eigenvalue weighted by atomic mass is 16.3. The Morgan fingerprint density at radius 3 is 2.25 bits per heavy atom. The quantitative estimate of drug-likeness (QED) is 0.788. The molecule has 3 nitrogen and oxygen atoms in total. The minimum atomic E-state index is -0.638. The van der Waals surface area contributed by atoms with E-state index in [0.29, 0.717) is 23.9 Å². The monoisotopic (exact) mass is 284 g/mol. The first-order chi connectivity index (χ1) is 9.10. The fourth-order valence-electron chi connectivity index (χ4n) is 3.75. The minimum absolute atomic E-state index is 0.410. The molecule has 3 heteroatoms. The highest BCUT2D eigenvalue weighted by Gasteiger charge is 2.38. The van der Waals surface area contributed by atoms with E-state index in [9.17, 15) is 5.11 Å². The second kappa shape index (κ2) is 6.76. The molecule has 1 saturated carbocycles. The van der Waals surface area contributed by atoms with E-state index in [2.05, 4.69) is 32.7 Å². The maximum Gasteiger partial charge on any atom is 0.0718 e. The predicted molar refractivity (Wildman–Crippen MR) is 86.7 cm³/mol. The fraction of sp³-hybridized carbons (Fsp3) is 1.00. The third kappa shape index (κ3) is 4.71. The minimum Gasteiger partial charge on any atom is -0.389 e. The zero-order chi connectivity index (χ0) is 15.6. The van der Waals surface area contributed by atoms with Gasteiger partial charge in [-0.25, -0.2) is 0 Å². The summed E-state index contributed by atoms with van der Waals surface area (Å²) in [5.41, 5.74) is 5.77. The summed E-state index contributed by atoms with van der Waals surface area (Å²) in [6, 6.07) is 0.510. The lowest BCUT2D eigenvalue weighted by Gasteiger charge is -2.47. The van der Waals surface area contributed by atoms with Crippen molar-refractivity contribution in [3.63, 3.8) is 0 Å². The molecule has 1 rings (SSSR count). The zero-order valence-electron chi connectivity index (χ0n) is 14.4. The average Bonchev–Trinajstić information content (AvgIpc) is 2.35. The summed E-state index contributed by atoms with van der Waals surface area (Å²) >= 11 is 0. The number of nitrogens with zero attached hydrogens (tertiary/aromatic N) is 1. The smallest absolute Gasteiger partial charge is 0.0718 e. The molecule has 3 atom stereocenters. The molecule has 0 aromatic rings. The molecule has 1 aliphatic rings. The molecule has 3 N–H and O–H groups in total. The number of aliphatic hydroxyl groups is 1. The molecule has 0 heterocycles. The molecule has 0 bridgehead atoms. The molecule has 0 aromatic heterocycles. The van der Waals surface area contributed by atoms with Gasteiger partial charge in [0.15, 0.2) is 0 Å². The van der Waals surface area contributed by atoms with Crippen molar-refractivity contribution in [3.05, 3.63) is 0 Å². The summed E-state index contributed by atoms with van der Waals surface area (Å²) in [4.78, 5) is 2.34. The van der Waals surface area contributed by atoms with Gasteiger partial charge in [0.05, 0.1) is 5.60 Å². The Kier molecular flexibility index (Phi) is 6.06. The maximum atomic E-state index is 10.1. The Balaban J connectivity index is 2.78. The lowest BCUT2D eigenvalue weighted by molar-refractivity contribution is -0.00572. The van der Waals surface area contributed by atoms with Crippen molar-refractivity contribution in [2.24, 2.45) is 23.0 Å². The van der Waals surface area contributed by atoms with Gasteiger partial charge in [-0.3, -0.25) is 0 Å². The van der Waals surface area contributed by atoms with E-state index in [-0.39, 0.29) is 0 Å². The Morgan fingerprint density at radius 2 is 1.80 bits per heavy atom. The Morgan fingerprint density at radius 1 is 1.20 bits per heavy atom. The van der Waals surface area contributed by atoms with E-state index in [1.54, 1.807) is 0 Å². The van der Waals surface area contributed by atoms with Gasteiger partial charge < -0.3 is 15.7 Å². The van der Waals surface area contributed by atoms with Gasteiger partial charge in [-0.1, -0.05) is 27.2 Å². The molecule has 0 radical (unpaired) electrons. The summed E-state index contributed by atoms with van der Waals surface area (Å²) in [5.74, 6) is 1.34. The van der Waals surface area contributed by atoms with Gasteiger partial charge in [0.2, 0.25) is 0 Å². The average molecular weight is 284 g/mol. The fourth-order valence-corrected chi connectivity index (χ4v) is 3.75. The molecule has 0 aliphatic heterocycles. The molecular weight excluding hydrogens is 248 g/mol. The van der Waals surface area contributed by atoms with Gasteiger partial charge in [-0.15, -0.1) is 0 Å². The highest BCUT2D eigenvalue weighted by molar-refractivity contribution is 4.92. The van der Waals surface area contributed by atoms with Crippen LogP contribution in [0.5, 0.6) is 0 Å². The second-order valence-corrected chi connectivity index (χ2v) is 8.14. The van der Waals surface area contributed by atoms with Crippen molar-refractivity contribution in [1.82, 2.24) is 4.90 Å². The van der Waals surface area contributed by atoms with Gasteiger partial charge in [-0.05, 0) is 64.0 Å². The molecule has 20 heavy (non-hydrogen) atoms. The number of likely N-dealkylation sites (N-methyl/N-ethyl adjacent to an activating group) is 1. The largest absolute Gasteiger partial charge is 0.389 e. The number of hydrogen-bond acceptors (Lipinski definition) is 3. The first-order valence-corrected chi connectivity index (χ1v) is 8.23. The standard InChI is InChI=1S/C17H36N2O/c1-7-16(2,3)14-9-8-13(11-18)15(10-14)19(6)12-17(4,5)20/h13-15,20H,7-12,18H2,1-6H3. The predicted octanol–water partition coefficient (Wildman–Crippen LogP) is 2.87. The summed E-state index contributed by atoms with van der Waals surface area (Å²) in [7, 11) is 2.15. The van der Waals surface area contributed by atoms with E-state index < -0.39 is 5.60 Å². The molecule has 0 aromatic carbocycles. The third-order valence-corrected chi connectivity index (χ3v) is 5.48. The zero-order valence-corrected chi connectivity index (χ0v) is 14.4. The van der Waals surface area contributed by atoms with Crippen molar-refractivity contribution >= 4 is 0 Å².